The van der Waals surface area contributed by atoms with Crippen molar-refractivity contribution in [2.24, 2.45) is 10.9 Å². The standard InChI is InChI=1S/C24H42N6O.HI/c1-5-25-24(28-20-13-21-7-6-8-22(14-20)29(21)4)26-15-19-9-11-30(12-10-19)16-23-27-17(2)18(3)31-23;/h19-22H,5-16H2,1-4H3,(H2,25,26,28);1H. The van der Waals surface area contributed by atoms with Crippen LogP contribution in [-0.4, -0.2) is 72.1 Å². The number of hydrogen-bond donors (Lipinski definition) is 2. The quantitative estimate of drug-likeness (QED) is 0.316. The normalized spacial score (nSPS) is 27.8. The molecule has 1 aromatic heterocycles. The number of nitrogens with zero attached hydrogens (tertiary/aromatic N) is 4. The number of aromatic nitrogens is 1. The Hall–Kier alpha value is -0.870. The molecule has 2 N–H and O–H groups in total. The van der Waals surface area contributed by atoms with E-state index in [4.69, 9.17) is 9.41 Å². The lowest BCUT2D eigenvalue weighted by atomic mass is 9.82. The molecule has 3 saturated heterocycles. The number of halogens is 1. The maximum atomic E-state index is 5.76. The second-order valence-corrected chi connectivity index (χ2v) is 9.91. The lowest BCUT2D eigenvalue weighted by Gasteiger charge is -2.47. The Morgan fingerprint density at radius 2 is 1.81 bits per heavy atom. The first-order valence-corrected chi connectivity index (χ1v) is 12.4. The molecule has 4 heterocycles. The number of guanidine groups is 1. The molecular formula is C24H43IN6O. The van der Waals surface area contributed by atoms with Gasteiger partial charge in [-0.2, -0.15) is 0 Å². The topological polar surface area (TPSA) is 68.9 Å². The summed E-state index contributed by atoms with van der Waals surface area (Å²) in [6.45, 7) is 11.0. The summed E-state index contributed by atoms with van der Waals surface area (Å²) in [5, 5.41) is 7.27. The van der Waals surface area contributed by atoms with Crippen LogP contribution in [0.3, 0.4) is 0 Å². The SMILES string of the molecule is CCNC(=NCC1CCN(Cc2nc(C)c(C)o2)CC1)NC1CC2CCCC(C1)N2C.I. The molecule has 2 atom stereocenters. The smallest absolute Gasteiger partial charge is 0.208 e. The van der Waals surface area contributed by atoms with Gasteiger partial charge in [0, 0.05) is 31.2 Å². The van der Waals surface area contributed by atoms with E-state index < -0.39 is 0 Å². The minimum atomic E-state index is 0. The monoisotopic (exact) mass is 558 g/mol. The molecule has 182 valence electrons. The predicted octanol–water partition coefficient (Wildman–Crippen LogP) is 3.69. The maximum absolute atomic E-state index is 5.76. The summed E-state index contributed by atoms with van der Waals surface area (Å²) < 4.78 is 5.76. The minimum absolute atomic E-state index is 0. The van der Waals surface area contributed by atoms with Crippen molar-refractivity contribution in [3.63, 3.8) is 0 Å². The summed E-state index contributed by atoms with van der Waals surface area (Å²) in [6, 6.07) is 2.04. The highest BCUT2D eigenvalue weighted by molar-refractivity contribution is 14.0. The zero-order chi connectivity index (χ0) is 21.8. The molecule has 0 radical (unpaired) electrons. The van der Waals surface area contributed by atoms with Crippen LogP contribution in [-0.2, 0) is 6.54 Å². The predicted molar refractivity (Wildman–Crippen MR) is 141 cm³/mol. The highest BCUT2D eigenvalue weighted by Crippen LogP contribution is 2.32. The van der Waals surface area contributed by atoms with Crippen molar-refractivity contribution in [3.8, 4) is 0 Å². The van der Waals surface area contributed by atoms with Crippen LogP contribution in [0, 0.1) is 19.8 Å². The largest absolute Gasteiger partial charge is 0.444 e. The van der Waals surface area contributed by atoms with E-state index in [9.17, 15) is 0 Å². The first-order chi connectivity index (χ1) is 15.0. The van der Waals surface area contributed by atoms with Gasteiger partial charge >= 0.3 is 0 Å². The van der Waals surface area contributed by atoms with Crippen LogP contribution in [0.25, 0.3) is 0 Å². The van der Waals surface area contributed by atoms with Crippen molar-refractivity contribution in [2.75, 3.05) is 33.2 Å². The second-order valence-electron chi connectivity index (χ2n) is 9.91. The third-order valence-electron chi connectivity index (χ3n) is 7.67. The fourth-order valence-electron chi connectivity index (χ4n) is 5.59. The van der Waals surface area contributed by atoms with Gasteiger partial charge in [0.15, 0.2) is 5.96 Å². The Morgan fingerprint density at radius 3 is 2.41 bits per heavy atom. The summed E-state index contributed by atoms with van der Waals surface area (Å²) in [7, 11) is 2.32. The molecule has 3 aliphatic heterocycles. The van der Waals surface area contributed by atoms with Crippen molar-refractivity contribution < 1.29 is 4.42 Å². The Bertz CT molecular complexity index is 711. The van der Waals surface area contributed by atoms with Gasteiger partial charge in [-0.1, -0.05) is 6.42 Å². The number of aliphatic imine (C=N–C) groups is 1. The molecule has 0 aromatic carbocycles. The molecule has 2 bridgehead atoms. The third kappa shape index (κ3) is 6.59. The van der Waals surface area contributed by atoms with Crippen LogP contribution in [0.5, 0.6) is 0 Å². The zero-order valence-electron chi connectivity index (χ0n) is 20.4. The summed E-state index contributed by atoms with van der Waals surface area (Å²) in [6.07, 6.45) is 8.98. The molecule has 0 saturated carbocycles. The number of fused-ring (bicyclic) bond motifs is 2. The van der Waals surface area contributed by atoms with Crippen LogP contribution >= 0.6 is 24.0 Å². The van der Waals surface area contributed by atoms with E-state index in [2.05, 4.69) is 39.4 Å². The Kier molecular flexibility index (Phi) is 9.67. The minimum Gasteiger partial charge on any atom is -0.444 e. The van der Waals surface area contributed by atoms with Crippen molar-refractivity contribution in [1.29, 1.82) is 0 Å². The Balaban J connectivity index is 0.00000289. The van der Waals surface area contributed by atoms with Gasteiger partial charge in [0.2, 0.25) is 5.89 Å². The van der Waals surface area contributed by atoms with Crippen molar-refractivity contribution in [3.05, 3.63) is 17.3 Å². The average Bonchev–Trinajstić information content (AvgIpc) is 3.05. The molecule has 4 rings (SSSR count). The molecule has 32 heavy (non-hydrogen) atoms. The molecule has 0 spiro atoms. The van der Waals surface area contributed by atoms with Crippen molar-refractivity contribution >= 4 is 29.9 Å². The fraction of sp³-hybridized carbons (Fsp3) is 0.833. The Morgan fingerprint density at radius 1 is 1.12 bits per heavy atom. The fourth-order valence-corrected chi connectivity index (χ4v) is 5.59. The van der Waals surface area contributed by atoms with Gasteiger partial charge in [-0.3, -0.25) is 9.89 Å². The number of piperidine rings is 3. The molecular weight excluding hydrogens is 515 g/mol. The molecule has 2 unspecified atom stereocenters. The van der Waals surface area contributed by atoms with E-state index in [-0.39, 0.29) is 24.0 Å². The molecule has 3 fully saturated rings. The lowest BCUT2D eigenvalue weighted by molar-refractivity contribution is 0.0526. The molecule has 0 aliphatic carbocycles. The third-order valence-corrected chi connectivity index (χ3v) is 7.67. The van der Waals surface area contributed by atoms with Crippen molar-refractivity contribution in [2.45, 2.75) is 90.4 Å². The number of likely N-dealkylation sites (tertiary alicyclic amines) is 1. The van der Waals surface area contributed by atoms with Gasteiger partial charge in [-0.05, 0) is 85.4 Å². The summed E-state index contributed by atoms with van der Waals surface area (Å²) in [4.78, 5) is 14.6. The van der Waals surface area contributed by atoms with Crippen LogP contribution < -0.4 is 10.6 Å². The van der Waals surface area contributed by atoms with Gasteiger partial charge in [0.25, 0.3) is 0 Å². The van der Waals surface area contributed by atoms with Crippen LogP contribution in [0.2, 0.25) is 0 Å². The molecule has 8 heteroatoms. The summed E-state index contributed by atoms with van der Waals surface area (Å²) in [5.41, 5.74) is 1.01. The summed E-state index contributed by atoms with van der Waals surface area (Å²) >= 11 is 0. The number of aryl methyl sites for hydroxylation is 2. The van der Waals surface area contributed by atoms with Gasteiger partial charge in [0.1, 0.15) is 5.76 Å². The highest BCUT2D eigenvalue weighted by Gasteiger charge is 2.36. The van der Waals surface area contributed by atoms with Gasteiger partial charge < -0.3 is 20.0 Å². The molecule has 7 nitrogen and oxygen atoms in total. The second kappa shape index (κ2) is 12.0. The van der Waals surface area contributed by atoms with Crippen LogP contribution in [0.1, 0.15) is 69.2 Å². The molecule has 3 aliphatic rings. The van der Waals surface area contributed by atoms with E-state index in [0.29, 0.717) is 12.0 Å². The van der Waals surface area contributed by atoms with Gasteiger partial charge in [0.05, 0.1) is 12.2 Å². The zero-order valence-corrected chi connectivity index (χ0v) is 22.7. The van der Waals surface area contributed by atoms with Crippen molar-refractivity contribution in [1.82, 2.24) is 25.4 Å². The highest BCUT2D eigenvalue weighted by atomic mass is 127. The van der Waals surface area contributed by atoms with E-state index in [1.165, 1.54) is 44.9 Å². The van der Waals surface area contributed by atoms with E-state index in [1.807, 2.05) is 13.8 Å². The number of oxazole rings is 1. The Labute approximate surface area is 211 Å². The van der Waals surface area contributed by atoms with E-state index >= 15 is 0 Å². The number of hydrogen-bond acceptors (Lipinski definition) is 5. The van der Waals surface area contributed by atoms with E-state index in [0.717, 1.165) is 68.1 Å². The van der Waals surface area contributed by atoms with E-state index in [1.54, 1.807) is 0 Å². The van der Waals surface area contributed by atoms with Gasteiger partial charge in [-0.25, -0.2) is 4.98 Å². The van der Waals surface area contributed by atoms with Crippen LogP contribution in [0.15, 0.2) is 9.41 Å². The summed E-state index contributed by atoms with van der Waals surface area (Å²) in [5.74, 6) is 3.48. The lowest BCUT2D eigenvalue weighted by Crippen LogP contribution is -2.56. The molecule has 0 amide bonds. The first-order valence-electron chi connectivity index (χ1n) is 12.4. The maximum Gasteiger partial charge on any atom is 0.208 e. The molecule has 1 aromatic rings. The average molecular weight is 559 g/mol. The number of nitrogens with one attached hydrogen (secondary N) is 2. The van der Waals surface area contributed by atoms with Gasteiger partial charge in [-0.15, -0.1) is 24.0 Å². The van der Waals surface area contributed by atoms with Crippen LogP contribution in [0.4, 0.5) is 0 Å². The first kappa shape index (κ1) is 25.7. The number of rotatable bonds is 6.